The lowest BCUT2D eigenvalue weighted by molar-refractivity contribution is -0.137. The monoisotopic (exact) mass is 428 g/mol. The summed E-state index contributed by atoms with van der Waals surface area (Å²) in [6.07, 6.45) is -3.93. The molecule has 0 saturated carbocycles. The van der Waals surface area contributed by atoms with Gasteiger partial charge in [0.15, 0.2) is 0 Å². The lowest BCUT2D eigenvalue weighted by Crippen LogP contribution is -2.19. The van der Waals surface area contributed by atoms with Crippen LogP contribution in [0.5, 0.6) is 5.75 Å². The maximum absolute atomic E-state index is 12.8. The topological polar surface area (TPSA) is 84.5 Å². The van der Waals surface area contributed by atoms with Crippen LogP contribution in [0.3, 0.4) is 0 Å². The van der Waals surface area contributed by atoms with E-state index in [9.17, 15) is 26.4 Å². The SMILES string of the molecule is C=C(C=O)CNc1cc(S(=O)(=O)NC)ccc1OCc1cccc(C(F)(F)F)c1. The van der Waals surface area contributed by atoms with Crippen LogP contribution in [0.15, 0.2) is 59.5 Å². The lowest BCUT2D eigenvalue weighted by Gasteiger charge is -2.15. The molecule has 0 saturated heterocycles. The van der Waals surface area contributed by atoms with Crippen molar-refractivity contribution in [3.63, 3.8) is 0 Å². The number of hydrogen-bond acceptors (Lipinski definition) is 5. The van der Waals surface area contributed by atoms with Crippen molar-refractivity contribution in [1.82, 2.24) is 4.72 Å². The highest BCUT2D eigenvalue weighted by atomic mass is 32.2. The maximum atomic E-state index is 12.8. The van der Waals surface area contributed by atoms with Crippen LogP contribution in [0, 0.1) is 0 Å². The number of carbonyl (C=O) groups is 1. The molecule has 0 amide bonds. The highest BCUT2D eigenvalue weighted by Crippen LogP contribution is 2.31. The fourth-order valence-corrected chi connectivity index (χ4v) is 3.06. The number of anilines is 1. The van der Waals surface area contributed by atoms with Gasteiger partial charge >= 0.3 is 6.18 Å². The standard InChI is InChI=1S/C19H19F3N2O4S/c1-13(11-25)10-24-17-9-16(29(26,27)23-2)6-7-18(17)28-12-14-4-3-5-15(8-14)19(20,21)22/h3-9,11,23-24H,1,10,12H2,2H3. The van der Waals surface area contributed by atoms with Crippen LogP contribution in [0.2, 0.25) is 0 Å². The third-order valence-corrected chi connectivity index (χ3v) is 5.26. The minimum absolute atomic E-state index is 0.0342. The minimum atomic E-state index is -4.47. The first-order chi connectivity index (χ1) is 13.6. The summed E-state index contributed by atoms with van der Waals surface area (Å²) < 4.78 is 70.3. The average Bonchev–Trinajstić information content (AvgIpc) is 2.70. The smallest absolute Gasteiger partial charge is 0.416 e. The number of hydrogen-bond donors (Lipinski definition) is 2. The molecular weight excluding hydrogens is 409 g/mol. The van der Waals surface area contributed by atoms with E-state index >= 15 is 0 Å². The molecule has 0 unspecified atom stereocenters. The molecule has 0 spiro atoms. The van der Waals surface area contributed by atoms with Gasteiger partial charge in [-0.25, -0.2) is 13.1 Å². The van der Waals surface area contributed by atoms with Crippen LogP contribution < -0.4 is 14.8 Å². The zero-order chi connectivity index (χ0) is 21.7. The number of nitrogens with one attached hydrogen (secondary N) is 2. The predicted octanol–water partition coefficient (Wildman–Crippen LogP) is 3.36. The molecule has 0 bridgehead atoms. The van der Waals surface area contributed by atoms with Gasteiger partial charge in [-0.1, -0.05) is 18.7 Å². The van der Waals surface area contributed by atoms with E-state index in [1.54, 1.807) is 0 Å². The highest BCUT2D eigenvalue weighted by Gasteiger charge is 2.30. The van der Waals surface area contributed by atoms with Gasteiger partial charge in [0.25, 0.3) is 0 Å². The quantitative estimate of drug-likeness (QED) is 0.473. The Hall–Kier alpha value is -2.85. The molecule has 2 aromatic rings. The van der Waals surface area contributed by atoms with Crippen molar-refractivity contribution >= 4 is 22.0 Å². The molecule has 0 aliphatic carbocycles. The van der Waals surface area contributed by atoms with Crippen LogP contribution in [-0.4, -0.2) is 28.3 Å². The summed E-state index contributed by atoms with van der Waals surface area (Å²) in [5.41, 5.74) is -0.0447. The van der Waals surface area contributed by atoms with Gasteiger partial charge in [-0.15, -0.1) is 0 Å². The zero-order valence-electron chi connectivity index (χ0n) is 15.4. The van der Waals surface area contributed by atoms with Crippen LogP contribution >= 0.6 is 0 Å². The van der Waals surface area contributed by atoms with E-state index in [1.165, 1.54) is 37.4 Å². The molecule has 2 rings (SSSR count). The summed E-state index contributed by atoms with van der Waals surface area (Å²) in [6, 6.07) is 8.66. The van der Waals surface area contributed by atoms with Gasteiger partial charge in [0.05, 0.1) is 16.1 Å². The van der Waals surface area contributed by atoms with E-state index in [2.05, 4.69) is 16.6 Å². The average molecular weight is 428 g/mol. The summed E-state index contributed by atoms with van der Waals surface area (Å²) in [5.74, 6) is 0.205. The Morgan fingerprint density at radius 3 is 2.55 bits per heavy atom. The Labute approximate surface area is 166 Å². The Balaban J connectivity index is 2.28. The molecule has 0 atom stereocenters. The largest absolute Gasteiger partial charge is 0.487 e. The van der Waals surface area contributed by atoms with Gasteiger partial charge in [-0.2, -0.15) is 13.2 Å². The lowest BCUT2D eigenvalue weighted by atomic mass is 10.1. The van der Waals surface area contributed by atoms with E-state index in [0.717, 1.165) is 12.1 Å². The summed E-state index contributed by atoms with van der Waals surface area (Å²) in [4.78, 5) is 10.7. The van der Waals surface area contributed by atoms with Crippen LogP contribution in [0.4, 0.5) is 18.9 Å². The van der Waals surface area contributed by atoms with E-state index in [-0.39, 0.29) is 40.6 Å². The van der Waals surface area contributed by atoms with Gasteiger partial charge in [0.1, 0.15) is 18.6 Å². The molecule has 0 aliphatic heterocycles. The maximum Gasteiger partial charge on any atom is 0.416 e. The molecule has 29 heavy (non-hydrogen) atoms. The fourth-order valence-electron chi connectivity index (χ4n) is 2.31. The summed E-state index contributed by atoms with van der Waals surface area (Å²) >= 11 is 0. The van der Waals surface area contributed by atoms with E-state index < -0.39 is 21.8 Å². The number of halogens is 3. The van der Waals surface area contributed by atoms with Gasteiger partial charge < -0.3 is 10.1 Å². The second-order valence-corrected chi connectivity index (χ2v) is 7.87. The van der Waals surface area contributed by atoms with E-state index in [4.69, 9.17) is 4.74 Å². The van der Waals surface area contributed by atoms with Gasteiger partial charge in [-0.05, 0) is 42.9 Å². The first kappa shape index (κ1) is 22.4. The van der Waals surface area contributed by atoms with Crippen molar-refractivity contribution in [2.24, 2.45) is 0 Å². The minimum Gasteiger partial charge on any atom is -0.487 e. The number of rotatable bonds is 9. The molecule has 0 heterocycles. The molecular formula is C19H19F3N2O4S. The van der Waals surface area contributed by atoms with Crippen molar-refractivity contribution in [3.05, 3.63) is 65.7 Å². The third-order valence-electron chi connectivity index (χ3n) is 3.85. The zero-order valence-corrected chi connectivity index (χ0v) is 16.2. The third kappa shape index (κ3) is 6.06. The van der Waals surface area contributed by atoms with Crippen LogP contribution in [0.1, 0.15) is 11.1 Å². The Morgan fingerprint density at radius 1 is 1.21 bits per heavy atom. The van der Waals surface area contributed by atoms with E-state index in [1.807, 2.05) is 0 Å². The van der Waals surface area contributed by atoms with Crippen LogP contribution in [-0.2, 0) is 27.6 Å². The van der Waals surface area contributed by atoms with Gasteiger partial charge in [0.2, 0.25) is 10.0 Å². The van der Waals surface area contributed by atoms with Gasteiger partial charge in [-0.3, -0.25) is 4.79 Å². The molecule has 6 nitrogen and oxygen atoms in total. The Morgan fingerprint density at radius 2 is 1.93 bits per heavy atom. The number of aldehydes is 1. The first-order valence-electron chi connectivity index (χ1n) is 8.30. The molecule has 0 aliphatic rings. The van der Waals surface area contributed by atoms with Crippen molar-refractivity contribution in [2.45, 2.75) is 17.7 Å². The molecule has 2 aromatic carbocycles. The number of ether oxygens (including phenoxy) is 1. The molecule has 0 fully saturated rings. The second-order valence-electron chi connectivity index (χ2n) is 5.98. The number of sulfonamides is 1. The first-order valence-corrected chi connectivity index (χ1v) is 9.78. The number of carbonyl (C=O) groups excluding carboxylic acids is 1. The molecule has 0 aromatic heterocycles. The number of benzene rings is 2. The predicted molar refractivity (Wildman–Crippen MR) is 102 cm³/mol. The second kappa shape index (κ2) is 9.10. The summed E-state index contributed by atoms with van der Waals surface area (Å²) in [7, 11) is -2.47. The normalized spacial score (nSPS) is 11.7. The summed E-state index contributed by atoms with van der Waals surface area (Å²) in [5, 5.41) is 2.84. The van der Waals surface area contributed by atoms with Crippen molar-refractivity contribution in [3.8, 4) is 5.75 Å². The number of alkyl halides is 3. The van der Waals surface area contributed by atoms with Crippen molar-refractivity contribution in [2.75, 3.05) is 18.9 Å². The Bertz CT molecular complexity index is 1000. The van der Waals surface area contributed by atoms with Crippen molar-refractivity contribution in [1.29, 1.82) is 0 Å². The van der Waals surface area contributed by atoms with Crippen LogP contribution in [0.25, 0.3) is 0 Å². The molecule has 10 heteroatoms. The highest BCUT2D eigenvalue weighted by molar-refractivity contribution is 7.89. The molecule has 0 radical (unpaired) electrons. The fraction of sp³-hybridized carbons (Fsp3) is 0.211. The molecule has 156 valence electrons. The van der Waals surface area contributed by atoms with Crippen molar-refractivity contribution < 1.29 is 31.1 Å². The van der Waals surface area contributed by atoms with E-state index in [0.29, 0.717) is 6.29 Å². The molecule has 2 N–H and O–H groups in total. The Kier molecular flexibility index (Phi) is 7.04. The van der Waals surface area contributed by atoms with Gasteiger partial charge in [0, 0.05) is 12.1 Å². The summed E-state index contributed by atoms with van der Waals surface area (Å²) in [6.45, 7) is 3.38.